The second kappa shape index (κ2) is 9.01. The van der Waals surface area contributed by atoms with Crippen molar-refractivity contribution < 1.29 is 17.6 Å². The van der Waals surface area contributed by atoms with E-state index in [2.05, 4.69) is 0 Å². The van der Waals surface area contributed by atoms with Crippen LogP contribution in [-0.2, 0) is 21.4 Å². The van der Waals surface area contributed by atoms with Crippen LogP contribution in [0.15, 0.2) is 47.4 Å². The van der Waals surface area contributed by atoms with E-state index < -0.39 is 28.3 Å². The third kappa shape index (κ3) is 5.19. The second-order valence-corrected chi connectivity index (χ2v) is 8.60. The maximum absolute atomic E-state index is 13.8. The van der Waals surface area contributed by atoms with Gasteiger partial charge in [-0.25, -0.2) is 12.8 Å². The highest BCUT2D eigenvalue weighted by Crippen LogP contribution is 2.27. The van der Waals surface area contributed by atoms with E-state index in [1.54, 1.807) is 25.1 Å². The number of nitrogens with zero attached hydrogens (tertiary/aromatic N) is 2. The molecule has 0 unspecified atom stereocenters. The van der Waals surface area contributed by atoms with Gasteiger partial charge in [-0.05, 0) is 24.3 Å². The van der Waals surface area contributed by atoms with Crippen molar-refractivity contribution in [2.24, 2.45) is 0 Å². The number of rotatable bonds is 7. The van der Waals surface area contributed by atoms with E-state index >= 15 is 0 Å². The Morgan fingerprint density at radius 2 is 1.81 bits per heavy atom. The molecule has 0 aromatic heterocycles. The number of carbonyl (C=O) groups excluding carboxylic acids is 1. The van der Waals surface area contributed by atoms with Gasteiger partial charge in [-0.15, -0.1) is 0 Å². The van der Waals surface area contributed by atoms with Gasteiger partial charge in [0.25, 0.3) is 0 Å². The lowest BCUT2D eigenvalue weighted by molar-refractivity contribution is -0.130. The standard InChI is InChI=1S/C18H19Cl2FN2O3S/c1-3-23(27(25,26)17-10-14(19)8-9-15(17)20)12-18(24)22(2)11-13-6-4-5-7-16(13)21/h4-10H,3,11-12H2,1-2H3. The van der Waals surface area contributed by atoms with E-state index in [9.17, 15) is 17.6 Å². The van der Waals surface area contributed by atoms with E-state index in [0.717, 1.165) is 4.31 Å². The predicted molar refractivity (Wildman–Crippen MR) is 104 cm³/mol. The van der Waals surface area contributed by atoms with Crippen LogP contribution in [0.3, 0.4) is 0 Å². The number of amides is 1. The van der Waals surface area contributed by atoms with Crippen molar-refractivity contribution in [3.63, 3.8) is 0 Å². The molecule has 0 fully saturated rings. The van der Waals surface area contributed by atoms with Gasteiger partial charge in [0.05, 0.1) is 11.6 Å². The molecule has 0 atom stereocenters. The Morgan fingerprint density at radius 1 is 1.15 bits per heavy atom. The van der Waals surface area contributed by atoms with Crippen molar-refractivity contribution in [2.75, 3.05) is 20.1 Å². The number of likely N-dealkylation sites (N-methyl/N-ethyl adjacent to an activating group) is 2. The summed E-state index contributed by atoms with van der Waals surface area (Å²) in [5, 5.41) is 0.238. The van der Waals surface area contributed by atoms with Crippen molar-refractivity contribution in [2.45, 2.75) is 18.4 Å². The predicted octanol–water partition coefficient (Wildman–Crippen LogP) is 3.80. The van der Waals surface area contributed by atoms with E-state index in [1.807, 2.05) is 0 Å². The van der Waals surface area contributed by atoms with Gasteiger partial charge in [-0.3, -0.25) is 4.79 Å². The zero-order valence-electron chi connectivity index (χ0n) is 14.8. The molecule has 0 spiro atoms. The second-order valence-electron chi connectivity index (χ2n) is 5.85. The normalized spacial score (nSPS) is 11.6. The highest BCUT2D eigenvalue weighted by molar-refractivity contribution is 7.89. The summed E-state index contributed by atoms with van der Waals surface area (Å²) in [6.45, 7) is 1.30. The number of hydrogen-bond acceptors (Lipinski definition) is 3. The SMILES string of the molecule is CCN(CC(=O)N(C)Cc1ccccc1F)S(=O)(=O)c1cc(Cl)ccc1Cl. The molecule has 9 heteroatoms. The zero-order valence-corrected chi connectivity index (χ0v) is 17.2. The summed E-state index contributed by atoms with van der Waals surface area (Å²) >= 11 is 11.9. The molecule has 0 aliphatic rings. The Kier molecular flexibility index (Phi) is 7.22. The number of benzene rings is 2. The number of sulfonamides is 1. The van der Waals surface area contributed by atoms with Crippen LogP contribution < -0.4 is 0 Å². The molecule has 27 heavy (non-hydrogen) atoms. The maximum Gasteiger partial charge on any atom is 0.245 e. The number of halogens is 3. The minimum absolute atomic E-state index is 0.0185. The van der Waals surface area contributed by atoms with Crippen LogP contribution in [-0.4, -0.2) is 43.7 Å². The van der Waals surface area contributed by atoms with Crippen LogP contribution in [0.2, 0.25) is 10.0 Å². The molecular weight excluding hydrogens is 414 g/mol. The van der Waals surface area contributed by atoms with E-state index in [1.165, 1.54) is 36.2 Å². The fraction of sp³-hybridized carbons (Fsp3) is 0.278. The van der Waals surface area contributed by atoms with Crippen molar-refractivity contribution >= 4 is 39.1 Å². The van der Waals surface area contributed by atoms with Gasteiger partial charge in [0.1, 0.15) is 10.7 Å². The van der Waals surface area contributed by atoms with Gasteiger partial charge in [0.2, 0.25) is 15.9 Å². The first-order chi connectivity index (χ1) is 12.7. The highest BCUT2D eigenvalue weighted by Gasteiger charge is 2.28. The van der Waals surface area contributed by atoms with Crippen molar-refractivity contribution in [3.8, 4) is 0 Å². The summed E-state index contributed by atoms with van der Waals surface area (Å²) in [4.78, 5) is 13.6. The third-order valence-electron chi connectivity index (χ3n) is 3.97. The molecule has 0 radical (unpaired) electrons. The van der Waals surface area contributed by atoms with Gasteiger partial charge in [-0.1, -0.05) is 48.3 Å². The summed E-state index contributed by atoms with van der Waals surface area (Å²) < 4.78 is 40.5. The van der Waals surface area contributed by atoms with Crippen molar-refractivity contribution in [1.29, 1.82) is 0 Å². The van der Waals surface area contributed by atoms with Crippen LogP contribution in [0, 0.1) is 5.82 Å². The minimum Gasteiger partial charge on any atom is -0.340 e. The summed E-state index contributed by atoms with van der Waals surface area (Å²) in [6.07, 6.45) is 0. The van der Waals surface area contributed by atoms with E-state index in [4.69, 9.17) is 23.2 Å². The van der Waals surface area contributed by atoms with Crippen LogP contribution >= 0.6 is 23.2 Å². The minimum atomic E-state index is -4.02. The van der Waals surface area contributed by atoms with Crippen LogP contribution in [0.25, 0.3) is 0 Å². The van der Waals surface area contributed by atoms with Gasteiger partial charge in [0, 0.05) is 30.7 Å². The van der Waals surface area contributed by atoms with E-state index in [-0.39, 0.29) is 28.0 Å². The lowest BCUT2D eigenvalue weighted by Gasteiger charge is -2.24. The molecule has 0 aliphatic heterocycles. The fourth-order valence-corrected chi connectivity index (χ4v) is 4.56. The first-order valence-corrected chi connectivity index (χ1v) is 10.3. The lowest BCUT2D eigenvalue weighted by Crippen LogP contribution is -2.41. The van der Waals surface area contributed by atoms with Crippen LogP contribution in [0.5, 0.6) is 0 Å². The van der Waals surface area contributed by atoms with Gasteiger partial charge < -0.3 is 4.90 Å². The largest absolute Gasteiger partial charge is 0.340 e. The molecule has 2 aromatic rings. The Hall–Kier alpha value is -1.67. The molecule has 0 heterocycles. The monoisotopic (exact) mass is 432 g/mol. The van der Waals surface area contributed by atoms with Crippen molar-refractivity contribution in [1.82, 2.24) is 9.21 Å². The molecule has 1 amide bonds. The highest BCUT2D eigenvalue weighted by atomic mass is 35.5. The first-order valence-electron chi connectivity index (χ1n) is 8.09. The first kappa shape index (κ1) is 21.6. The van der Waals surface area contributed by atoms with Gasteiger partial charge in [0.15, 0.2) is 0 Å². The summed E-state index contributed by atoms with van der Waals surface area (Å²) in [7, 11) is -2.53. The molecule has 146 valence electrons. The third-order valence-corrected chi connectivity index (χ3v) is 6.60. The number of carbonyl (C=O) groups is 1. The summed E-state index contributed by atoms with van der Waals surface area (Å²) in [5.74, 6) is -0.898. The average molecular weight is 433 g/mol. The Bertz CT molecular complexity index is 938. The zero-order chi connectivity index (χ0) is 20.2. The molecule has 2 rings (SSSR count). The Morgan fingerprint density at radius 3 is 2.44 bits per heavy atom. The Labute approximate surface area is 168 Å². The summed E-state index contributed by atoms with van der Waals surface area (Å²) in [5.41, 5.74) is 0.345. The van der Waals surface area contributed by atoms with Gasteiger partial charge in [-0.2, -0.15) is 4.31 Å². The molecule has 0 saturated carbocycles. The topological polar surface area (TPSA) is 57.7 Å². The molecule has 0 bridgehead atoms. The molecule has 0 saturated heterocycles. The Balaban J connectivity index is 2.19. The van der Waals surface area contributed by atoms with Gasteiger partial charge >= 0.3 is 0 Å². The quantitative estimate of drug-likeness (QED) is 0.668. The summed E-state index contributed by atoms with van der Waals surface area (Å²) in [6, 6.07) is 10.2. The molecular formula is C18H19Cl2FN2O3S. The number of hydrogen-bond donors (Lipinski definition) is 0. The molecule has 0 aliphatic carbocycles. The molecule has 5 nitrogen and oxygen atoms in total. The van der Waals surface area contributed by atoms with Crippen LogP contribution in [0.4, 0.5) is 4.39 Å². The van der Waals surface area contributed by atoms with Crippen molar-refractivity contribution in [3.05, 3.63) is 63.9 Å². The smallest absolute Gasteiger partial charge is 0.245 e. The van der Waals surface area contributed by atoms with Crippen LogP contribution in [0.1, 0.15) is 12.5 Å². The lowest BCUT2D eigenvalue weighted by atomic mass is 10.2. The molecule has 0 N–H and O–H groups in total. The maximum atomic E-state index is 13.8. The molecule has 2 aromatic carbocycles. The fourth-order valence-electron chi connectivity index (χ4n) is 2.42. The van der Waals surface area contributed by atoms with E-state index in [0.29, 0.717) is 5.56 Å². The average Bonchev–Trinajstić information content (AvgIpc) is 2.63.